The summed E-state index contributed by atoms with van der Waals surface area (Å²) < 4.78 is 5.59. The number of benzene rings is 1. The molecule has 1 amide bonds. The maximum absolute atomic E-state index is 12.3. The molecule has 2 rings (SSSR count). The van der Waals surface area contributed by atoms with Crippen LogP contribution in [0.1, 0.15) is 26.2 Å². The van der Waals surface area contributed by atoms with Gasteiger partial charge < -0.3 is 15.2 Å². The Morgan fingerprint density at radius 3 is 2.57 bits per heavy atom. The summed E-state index contributed by atoms with van der Waals surface area (Å²) in [5.74, 6) is 0.863. The topological polar surface area (TPSA) is 75.6 Å². The van der Waals surface area contributed by atoms with Crippen molar-refractivity contribution >= 4 is 23.6 Å². The molecule has 0 aliphatic carbocycles. The number of para-hydroxylation sites is 1. The van der Waals surface area contributed by atoms with Crippen LogP contribution in [-0.4, -0.2) is 40.6 Å². The van der Waals surface area contributed by atoms with Crippen molar-refractivity contribution in [3.05, 3.63) is 30.3 Å². The minimum atomic E-state index is -1.10. The molecule has 1 atom stereocenters. The zero-order valence-electron chi connectivity index (χ0n) is 13.3. The van der Waals surface area contributed by atoms with Crippen LogP contribution in [0.2, 0.25) is 0 Å². The van der Waals surface area contributed by atoms with Crippen LogP contribution in [0.3, 0.4) is 0 Å². The third kappa shape index (κ3) is 4.89. The number of aliphatic carboxylic acids is 1. The van der Waals surface area contributed by atoms with Crippen molar-refractivity contribution in [3.8, 4) is 5.75 Å². The number of carbonyl (C=O) groups excluding carboxylic acids is 1. The number of hydrogen-bond acceptors (Lipinski definition) is 4. The molecule has 6 heteroatoms. The summed E-state index contributed by atoms with van der Waals surface area (Å²) in [6.45, 7) is 2.23. The molecule has 0 aromatic heterocycles. The quantitative estimate of drug-likeness (QED) is 0.800. The lowest BCUT2D eigenvalue weighted by molar-refractivity contribution is -0.148. The van der Waals surface area contributed by atoms with Gasteiger partial charge in [0.05, 0.1) is 6.61 Å². The summed E-state index contributed by atoms with van der Waals surface area (Å²) >= 11 is 1.73. The molecule has 1 aromatic rings. The van der Waals surface area contributed by atoms with Crippen molar-refractivity contribution < 1.29 is 19.4 Å². The molecule has 2 N–H and O–H groups in total. The molecule has 0 spiro atoms. The Bertz CT molecular complexity index is 529. The molecule has 1 aliphatic rings. The van der Waals surface area contributed by atoms with E-state index in [1.165, 1.54) is 0 Å². The Labute approximate surface area is 140 Å². The number of hydrogen-bond donors (Lipinski definition) is 2. The Balaban J connectivity index is 1.82. The van der Waals surface area contributed by atoms with Crippen LogP contribution >= 0.6 is 11.8 Å². The Morgan fingerprint density at radius 1 is 1.30 bits per heavy atom. The summed E-state index contributed by atoms with van der Waals surface area (Å²) in [6, 6.07) is 9.43. The number of ether oxygens (including phenoxy) is 1. The van der Waals surface area contributed by atoms with Gasteiger partial charge in [-0.15, -0.1) is 0 Å². The van der Waals surface area contributed by atoms with Gasteiger partial charge in [-0.05, 0) is 42.9 Å². The van der Waals surface area contributed by atoms with Crippen LogP contribution in [0.15, 0.2) is 30.3 Å². The van der Waals surface area contributed by atoms with Gasteiger partial charge in [-0.2, -0.15) is 11.8 Å². The third-order valence-electron chi connectivity index (χ3n) is 4.13. The van der Waals surface area contributed by atoms with Crippen molar-refractivity contribution in [2.75, 3.05) is 18.1 Å². The van der Waals surface area contributed by atoms with Gasteiger partial charge in [0.1, 0.15) is 11.3 Å². The van der Waals surface area contributed by atoms with Crippen molar-refractivity contribution in [1.82, 2.24) is 5.32 Å². The van der Waals surface area contributed by atoms with Gasteiger partial charge in [-0.1, -0.05) is 25.1 Å². The number of nitrogens with one attached hydrogen (secondary N) is 1. The zero-order valence-corrected chi connectivity index (χ0v) is 14.1. The van der Waals surface area contributed by atoms with Gasteiger partial charge in [-0.25, -0.2) is 4.79 Å². The minimum absolute atomic E-state index is 0.212. The highest BCUT2D eigenvalue weighted by atomic mass is 32.2. The zero-order chi connectivity index (χ0) is 16.7. The molecule has 1 unspecified atom stereocenters. The largest absolute Gasteiger partial charge is 0.494 e. The standard InChI is InChI=1S/C17H23NO4S/c1-13(7-10-22-14-5-3-2-4-6-14)15(19)18-17(16(20)21)8-11-23-12-9-17/h2-6,13H,7-12H2,1H3,(H,18,19)(H,20,21). The van der Waals surface area contributed by atoms with Crippen LogP contribution in [0, 0.1) is 5.92 Å². The lowest BCUT2D eigenvalue weighted by atomic mass is 9.91. The fraction of sp³-hybridized carbons (Fsp3) is 0.529. The van der Waals surface area contributed by atoms with E-state index >= 15 is 0 Å². The predicted octanol–water partition coefficient (Wildman–Crippen LogP) is 2.56. The van der Waals surface area contributed by atoms with Crippen molar-refractivity contribution in [2.45, 2.75) is 31.7 Å². The van der Waals surface area contributed by atoms with Crippen LogP contribution in [0.25, 0.3) is 0 Å². The Morgan fingerprint density at radius 2 is 1.96 bits per heavy atom. The summed E-state index contributed by atoms with van der Waals surface area (Å²) in [6.07, 6.45) is 1.50. The summed E-state index contributed by atoms with van der Waals surface area (Å²) in [4.78, 5) is 23.9. The lowest BCUT2D eigenvalue weighted by Crippen LogP contribution is -2.57. The fourth-order valence-electron chi connectivity index (χ4n) is 2.47. The van der Waals surface area contributed by atoms with Gasteiger partial charge >= 0.3 is 5.97 Å². The molecule has 1 aliphatic heterocycles. The SMILES string of the molecule is CC(CCOc1ccccc1)C(=O)NC1(C(=O)O)CCSCC1. The molecule has 0 saturated carbocycles. The van der Waals surface area contributed by atoms with E-state index in [2.05, 4.69) is 5.32 Å². The first-order valence-electron chi connectivity index (χ1n) is 7.84. The summed E-state index contributed by atoms with van der Waals surface area (Å²) in [5, 5.41) is 12.3. The van der Waals surface area contributed by atoms with Crippen molar-refractivity contribution in [1.29, 1.82) is 0 Å². The van der Waals surface area contributed by atoms with Crippen LogP contribution in [0.4, 0.5) is 0 Å². The highest BCUT2D eigenvalue weighted by Crippen LogP contribution is 2.28. The number of carboxylic acid groups (broad SMARTS) is 1. The number of amides is 1. The number of thioether (sulfide) groups is 1. The maximum Gasteiger partial charge on any atom is 0.329 e. The number of carboxylic acids is 1. The number of carbonyl (C=O) groups is 2. The van der Waals surface area contributed by atoms with Crippen LogP contribution < -0.4 is 10.1 Å². The molecule has 1 heterocycles. The van der Waals surface area contributed by atoms with Crippen LogP contribution in [0.5, 0.6) is 5.75 Å². The van der Waals surface area contributed by atoms with E-state index in [9.17, 15) is 14.7 Å². The molecule has 1 saturated heterocycles. The first-order valence-corrected chi connectivity index (χ1v) is 9.00. The van der Waals surface area contributed by atoms with Gasteiger partial charge in [0.15, 0.2) is 0 Å². The molecule has 126 valence electrons. The molecular weight excluding hydrogens is 314 g/mol. The lowest BCUT2D eigenvalue weighted by Gasteiger charge is -2.34. The highest BCUT2D eigenvalue weighted by molar-refractivity contribution is 7.99. The Kier molecular flexibility index (Phi) is 6.33. The van der Waals surface area contributed by atoms with E-state index in [1.807, 2.05) is 30.3 Å². The van der Waals surface area contributed by atoms with Crippen LogP contribution in [-0.2, 0) is 9.59 Å². The fourth-order valence-corrected chi connectivity index (χ4v) is 3.66. The monoisotopic (exact) mass is 337 g/mol. The third-order valence-corrected chi connectivity index (χ3v) is 5.11. The molecular formula is C17H23NO4S. The van der Waals surface area contributed by atoms with Crippen molar-refractivity contribution in [2.24, 2.45) is 5.92 Å². The second-order valence-corrected chi connectivity index (χ2v) is 7.06. The molecule has 5 nitrogen and oxygen atoms in total. The van der Waals surface area contributed by atoms with E-state index < -0.39 is 11.5 Å². The van der Waals surface area contributed by atoms with Gasteiger partial charge in [0.25, 0.3) is 0 Å². The number of rotatable bonds is 7. The maximum atomic E-state index is 12.3. The normalized spacial score (nSPS) is 18.0. The molecule has 0 radical (unpaired) electrons. The first kappa shape index (κ1) is 17.7. The smallest absolute Gasteiger partial charge is 0.329 e. The van der Waals surface area contributed by atoms with E-state index in [4.69, 9.17) is 4.74 Å². The molecule has 1 fully saturated rings. The second-order valence-electron chi connectivity index (χ2n) is 5.84. The second kappa shape index (κ2) is 8.24. The van der Waals surface area contributed by atoms with Gasteiger partial charge in [0, 0.05) is 5.92 Å². The summed E-state index contributed by atoms with van der Waals surface area (Å²) in [5.41, 5.74) is -1.10. The van der Waals surface area contributed by atoms with E-state index in [1.54, 1.807) is 18.7 Å². The van der Waals surface area contributed by atoms with Crippen molar-refractivity contribution in [3.63, 3.8) is 0 Å². The first-order chi connectivity index (χ1) is 11.0. The molecule has 0 bridgehead atoms. The van der Waals surface area contributed by atoms with E-state index in [-0.39, 0.29) is 11.8 Å². The minimum Gasteiger partial charge on any atom is -0.494 e. The van der Waals surface area contributed by atoms with E-state index in [0.29, 0.717) is 25.9 Å². The average Bonchev–Trinajstić information content (AvgIpc) is 2.56. The predicted molar refractivity (Wildman–Crippen MR) is 90.8 cm³/mol. The Hall–Kier alpha value is -1.69. The average molecular weight is 337 g/mol. The van der Waals surface area contributed by atoms with Gasteiger partial charge in [-0.3, -0.25) is 4.79 Å². The highest BCUT2D eigenvalue weighted by Gasteiger charge is 2.41. The molecule has 23 heavy (non-hydrogen) atoms. The van der Waals surface area contributed by atoms with Gasteiger partial charge in [0.2, 0.25) is 5.91 Å². The molecule has 1 aromatic carbocycles. The summed E-state index contributed by atoms with van der Waals surface area (Å²) in [7, 11) is 0. The van der Waals surface area contributed by atoms with E-state index in [0.717, 1.165) is 17.3 Å².